The topological polar surface area (TPSA) is 94.2 Å². The number of nitrogens with one attached hydrogen (secondary N) is 2. The Labute approximate surface area is 159 Å². The molecule has 0 saturated carbocycles. The van der Waals surface area contributed by atoms with Crippen molar-refractivity contribution in [3.05, 3.63) is 30.1 Å². The van der Waals surface area contributed by atoms with Crippen LogP contribution >= 0.6 is 0 Å². The summed E-state index contributed by atoms with van der Waals surface area (Å²) in [6.45, 7) is 4.99. The highest BCUT2D eigenvalue weighted by Crippen LogP contribution is 2.21. The number of nitrogens with zero attached hydrogens (tertiary/aromatic N) is 4. The minimum Gasteiger partial charge on any atom is -0.342 e. The first-order valence-corrected chi connectivity index (χ1v) is 9.31. The van der Waals surface area contributed by atoms with Crippen LogP contribution in [0.25, 0.3) is 11.4 Å². The molecule has 3 rings (SSSR count). The molecule has 2 aromatic rings. The van der Waals surface area contributed by atoms with E-state index in [1.807, 2.05) is 31.2 Å². The number of anilines is 1. The molecular weight excluding hydrogens is 344 g/mol. The van der Waals surface area contributed by atoms with Gasteiger partial charge in [0.05, 0.1) is 0 Å². The zero-order valence-corrected chi connectivity index (χ0v) is 16.0. The third-order valence-electron chi connectivity index (χ3n) is 4.78. The van der Waals surface area contributed by atoms with Crippen molar-refractivity contribution in [3.8, 4) is 11.4 Å². The highest BCUT2D eigenvalue weighted by atomic mass is 16.2. The Bertz CT molecular complexity index is 818. The zero-order valence-electron chi connectivity index (χ0n) is 16.0. The van der Waals surface area contributed by atoms with Crippen LogP contribution < -0.4 is 5.32 Å². The van der Waals surface area contributed by atoms with Gasteiger partial charge in [-0.3, -0.25) is 9.89 Å². The van der Waals surface area contributed by atoms with Crippen LogP contribution in [0.4, 0.5) is 10.5 Å². The van der Waals surface area contributed by atoms with Crippen LogP contribution in [0.1, 0.15) is 32.0 Å². The van der Waals surface area contributed by atoms with Crippen molar-refractivity contribution in [3.63, 3.8) is 0 Å². The van der Waals surface area contributed by atoms with E-state index in [2.05, 4.69) is 27.4 Å². The number of carbonyl (C=O) groups is 2. The summed E-state index contributed by atoms with van der Waals surface area (Å²) in [4.78, 5) is 33.1. The van der Waals surface area contributed by atoms with Crippen LogP contribution in [0.5, 0.6) is 0 Å². The van der Waals surface area contributed by atoms with Gasteiger partial charge in [-0.05, 0) is 25.5 Å². The number of hydrogen-bond donors (Lipinski definition) is 2. The molecule has 1 aromatic heterocycles. The number of hydrogen-bond acceptors (Lipinski definition) is 4. The maximum absolute atomic E-state index is 12.9. The molecule has 1 aliphatic heterocycles. The summed E-state index contributed by atoms with van der Waals surface area (Å²) in [5, 5.41) is 9.89. The lowest BCUT2D eigenvalue weighted by molar-refractivity contribution is -0.138. The number of urea groups is 1. The van der Waals surface area contributed by atoms with E-state index in [9.17, 15) is 9.59 Å². The van der Waals surface area contributed by atoms with Gasteiger partial charge in [0.1, 0.15) is 11.9 Å². The van der Waals surface area contributed by atoms with Gasteiger partial charge < -0.3 is 15.1 Å². The molecule has 0 radical (unpaired) electrons. The van der Waals surface area contributed by atoms with E-state index in [1.165, 1.54) is 0 Å². The fourth-order valence-corrected chi connectivity index (χ4v) is 3.23. The van der Waals surface area contributed by atoms with Crippen LogP contribution in [0.3, 0.4) is 0 Å². The Balaban J connectivity index is 1.74. The number of piperazine rings is 1. The first kappa shape index (κ1) is 18.9. The Morgan fingerprint density at radius 3 is 2.89 bits per heavy atom. The highest BCUT2D eigenvalue weighted by Gasteiger charge is 2.35. The molecule has 0 bridgehead atoms. The van der Waals surface area contributed by atoms with Gasteiger partial charge in [0, 0.05) is 31.4 Å². The summed E-state index contributed by atoms with van der Waals surface area (Å²) in [6.07, 6.45) is 2.58. The molecule has 144 valence electrons. The maximum atomic E-state index is 12.9. The second-order valence-electron chi connectivity index (χ2n) is 6.87. The van der Waals surface area contributed by atoms with Gasteiger partial charge in [0.2, 0.25) is 5.91 Å². The average molecular weight is 370 g/mol. The molecule has 2 N–H and O–H groups in total. The summed E-state index contributed by atoms with van der Waals surface area (Å²) in [7, 11) is 1.79. The largest absolute Gasteiger partial charge is 0.342 e. The summed E-state index contributed by atoms with van der Waals surface area (Å²) in [5.41, 5.74) is 1.47. The third-order valence-corrected chi connectivity index (χ3v) is 4.78. The van der Waals surface area contributed by atoms with Gasteiger partial charge in [0.15, 0.2) is 5.82 Å². The minimum atomic E-state index is -0.400. The Hall–Kier alpha value is -2.90. The molecule has 27 heavy (non-hydrogen) atoms. The summed E-state index contributed by atoms with van der Waals surface area (Å²) < 4.78 is 0. The van der Waals surface area contributed by atoms with E-state index in [0.29, 0.717) is 31.0 Å². The lowest BCUT2D eigenvalue weighted by atomic mass is 10.0. The fraction of sp³-hybridized carbons (Fsp3) is 0.474. The molecule has 0 spiro atoms. The van der Waals surface area contributed by atoms with Gasteiger partial charge in [-0.25, -0.2) is 9.78 Å². The highest BCUT2D eigenvalue weighted by molar-refractivity contribution is 5.94. The average Bonchev–Trinajstić information content (AvgIpc) is 3.09. The molecule has 1 unspecified atom stereocenters. The number of benzene rings is 1. The first-order chi connectivity index (χ1) is 13.0. The molecule has 1 fully saturated rings. The second-order valence-corrected chi connectivity index (χ2v) is 6.87. The fourth-order valence-electron chi connectivity index (χ4n) is 3.23. The maximum Gasteiger partial charge on any atom is 0.322 e. The standard InChI is InChI=1S/C19H26N6O2/c1-4-5-9-16-18(26)24(3)10-11-25(16)19(27)21-15-8-6-7-14(12-15)17-20-13(2)22-23-17/h6-8,12,16H,4-5,9-11H2,1-3H3,(H,21,27)(H,20,22,23). The van der Waals surface area contributed by atoms with Crippen LogP contribution in [-0.2, 0) is 4.79 Å². The lowest BCUT2D eigenvalue weighted by Gasteiger charge is -2.39. The summed E-state index contributed by atoms with van der Waals surface area (Å²) in [6, 6.07) is 6.74. The number of aromatic nitrogens is 3. The molecule has 1 saturated heterocycles. The van der Waals surface area contributed by atoms with Crippen molar-refractivity contribution < 1.29 is 9.59 Å². The number of likely N-dealkylation sites (N-methyl/N-ethyl adjacent to an activating group) is 1. The van der Waals surface area contributed by atoms with Crippen LogP contribution in [0.2, 0.25) is 0 Å². The molecule has 2 heterocycles. The van der Waals surface area contributed by atoms with E-state index in [1.54, 1.807) is 16.8 Å². The van der Waals surface area contributed by atoms with E-state index >= 15 is 0 Å². The van der Waals surface area contributed by atoms with Crippen molar-refractivity contribution in [2.45, 2.75) is 39.2 Å². The predicted molar refractivity (Wildman–Crippen MR) is 103 cm³/mol. The molecule has 8 heteroatoms. The van der Waals surface area contributed by atoms with E-state index in [4.69, 9.17) is 0 Å². The second kappa shape index (κ2) is 8.20. The Morgan fingerprint density at radius 1 is 1.37 bits per heavy atom. The Morgan fingerprint density at radius 2 is 2.19 bits per heavy atom. The number of amides is 3. The smallest absolute Gasteiger partial charge is 0.322 e. The normalized spacial score (nSPS) is 17.3. The van der Waals surface area contributed by atoms with Crippen molar-refractivity contribution >= 4 is 17.6 Å². The van der Waals surface area contributed by atoms with Crippen LogP contribution in [-0.4, -0.2) is 63.1 Å². The molecule has 8 nitrogen and oxygen atoms in total. The van der Waals surface area contributed by atoms with Gasteiger partial charge in [0.25, 0.3) is 0 Å². The number of aryl methyl sites for hydroxylation is 1. The number of aromatic amines is 1. The molecule has 0 aliphatic carbocycles. The quantitative estimate of drug-likeness (QED) is 0.846. The number of H-pyrrole nitrogens is 1. The first-order valence-electron chi connectivity index (χ1n) is 9.31. The lowest BCUT2D eigenvalue weighted by Crippen LogP contribution is -2.58. The number of unbranched alkanes of at least 4 members (excludes halogenated alkanes) is 1. The zero-order chi connectivity index (χ0) is 19.4. The van der Waals surface area contributed by atoms with Crippen molar-refractivity contribution in [1.29, 1.82) is 0 Å². The molecule has 1 atom stereocenters. The molecule has 1 aromatic carbocycles. The van der Waals surface area contributed by atoms with Crippen LogP contribution in [0.15, 0.2) is 24.3 Å². The van der Waals surface area contributed by atoms with E-state index < -0.39 is 6.04 Å². The summed E-state index contributed by atoms with van der Waals surface area (Å²) in [5.74, 6) is 1.32. The van der Waals surface area contributed by atoms with Crippen molar-refractivity contribution in [2.75, 3.05) is 25.5 Å². The van der Waals surface area contributed by atoms with Crippen molar-refractivity contribution in [2.24, 2.45) is 0 Å². The SMILES string of the molecule is CCCCC1C(=O)N(C)CCN1C(=O)Nc1cccc(-c2n[nH]c(C)n2)c1. The monoisotopic (exact) mass is 370 g/mol. The number of carbonyl (C=O) groups excluding carboxylic acids is 2. The van der Waals surface area contributed by atoms with E-state index in [0.717, 1.165) is 24.2 Å². The summed E-state index contributed by atoms with van der Waals surface area (Å²) >= 11 is 0. The Kier molecular flexibility index (Phi) is 5.73. The van der Waals surface area contributed by atoms with E-state index in [-0.39, 0.29) is 11.9 Å². The number of rotatable bonds is 5. The van der Waals surface area contributed by atoms with Gasteiger partial charge in [-0.2, -0.15) is 5.10 Å². The molecule has 1 aliphatic rings. The minimum absolute atomic E-state index is 0.00907. The van der Waals surface area contributed by atoms with Gasteiger partial charge in [-0.15, -0.1) is 0 Å². The third kappa shape index (κ3) is 4.27. The molecule has 3 amide bonds. The predicted octanol–water partition coefficient (Wildman–Crippen LogP) is 2.64. The van der Waals surface area contributed by atoms with Gasteiger partial charge >= 0.3 is 6.03 Å². The van der Waals surface area contributed by atoms with Crippen molar-refractivity contribution in [1.82, 2.24) is 25.0 Å². The van der Waals surface area contributed by atoms with Crippen LogP contribution in [0, 0.1) is 6.92 Å². The molecular formula is C19H26N6O2. The van der Waals surface area contributed by atoms with Gasteiger partial charge in [-0.1, -0.05) is 31.9 Å².